The normalized spacial score (nSPS) is 11.1. The highest BCUT2D eigenvalue weighted by molar-refractivity contribution is 7.14. The molecule has 3 rings (SSSR count). The fourth-order valence-corrected chi connectivity index (χ4v) is 3.71. The van der Waals surface area contributed by atoms with Gasteiger partial charge in [-0.2, -0.15) is 0 Å². The molecule has 0 fully saturated rings. The Morgan fingerprint density at radius 3 is 2.52 bits per heavy atom. The Balaban J connectivity index is 1.86. The molecule has 3 aromatic rings. The summed E-state index contributed by atoms with van der Waals surface area (Å²) in [5.74, 6) is -2.23. The van der Waals surface area contributed by atoms with Gasteiger partial charge in [0.25, 0.3) is 0 Å². The molecule has 0 atom stereocenters. The molecule has 0 aliphatic carbocycles. The van der Waals surface area contributed by atoms with E-state index < -0.39 is 17.5 Å². The Kier molecular flexibility index (Phi) is 5.98. The molecule has 0 radical (unpaired) electrons. The van der Waals surface area contributed by atoms with Crippen LogP contribution >= 0.6 is 11.3 Å². The molecule has 1 heterocycles. The Labute approximate surface area is 171 Å². The third-order valence-corrected chi connectivity index (χ3v) is 5.06. The number of aryl methyl sites for hydroxylation is 2. The van der Waals surface area contributed by atoms with Gasteiger partial charge in [0.1, 0.15) is 11.6 Å². The van der Waals surface area contributed by atoms with Gasteiger partial charge < -0.3 is 0 Å². The minimum absolute atomic E-state index is 0.0878. The second-order valence-corrected chi connectivity index (χ2v) is 7.36. The zero-order valence-electron chi connectivity index (χ0n) is 16.1. The number of amides is 1. The summed E-state index contributed by atoms with van der Waals surface area (Å²) in [6.07, 6.45) is 2.95. The van der Waals surface area contributed by atoms with E-state index in [4.69, 9.17) is 0 Å². The predicted octanol–water partition coefficient (Wildman–Crippen LogP) is 5.62. The van der Waals surface area contributed by atoms with Gasteiger partial charge in [-0.25, -0.2) is 13.8 Å². The van der Waals surface area contributed by atoms with E-state index in [1.165, 1.54) is 19.1 Å². The van der Waals surface area contributed by atoms with Crippen molar-refractivity contribution in [1.29, 1.82) is 0 Å². The lowest BCUT2D eigenvalue weighted by atomic mass is 10.0. The first-order chi connectivity index (χ1) is 13.8. The zero-order valence-corrected chi connectivity index (χ0v) is 16.9. The smallest absolute Gasteiger partial charge is 0.230 e. The molecule has 7 heteroatoms. The maximum absolute atomic E-state index is 14.1. The van der Waals surface area contributed by atoms with E-state index in [9.17, 15) is 18.4 Å². The number of carbonyl (C=O) groups excluding carboxylic acids is 2. The zero-order chi connectivity index (χ0) is 21.1. The van der Waals surface area contributed by atoms with Gasteiger partial charge in [0.2, 0.25) is 5.91 Å². The Bertz CT molecular complexity index is 1120. The summed E-state index contributed by atoms with van der Waals surface area (Å²) in [5, 5.41) is 1.87. The summed E-state index contributed by atoms with van der Waals surface area (Å²) in [6, 6.07) is 8.56. The van der Waals surface area contributed by atoms with Crippen molar-refractivity contribution < 1.29 is 18.4 Å². The summed E-state index contributed by atoms with van der Waals surface area (Å²) < 4.78 is 27.3. The molecular formula is C22H18F2N2O2S. The van der Waals surface area contributed by atoms with Crippen LogP contribution in [0.15, 0.2) is 47.9 Å². The molecule has 148 valence electrons. The number of hydrogen-bond donors (Lipinski definition) is 0. The molecule has 1 aromatic heterocycles. The van der Waals surface area contributed by atoms with Gasteiger partial charge in [0, 0.05) is 23.9 Å². The van der Waals surface area contributed by atoms with Gasteiger partial charge in [-0.3, -0.25) is 14.5 Å². The van der Waals surface area contributed by atoms with E-state index in [1.807, 2.05) is 26.0 Å². The molecule has 29 heavy (non-hydrogen) atoms. The van der Waals surface area contributed by atoms with E-state index in [2.05, 4.69) is 4.98 Å². The van der Waals surface area contributed by atoms with Crippen molar-refractivity contribution in [3.63, 3.8) is 0 Å². The predicted molar refractivity (Wildman–Crippen MR) is 111 cm³/mol. The monoisotopic (exact) mass is 412 g/mol. The van der Waals surface area contributed by atoms with E-state index >= 15 is 0 Å². The summed E-state index contributed by atoms with van der Waals surface area (Å²) in [5.41, 5.74) is 2.92. The van der Waals surface area contributed by atoms with Crippen LogP contribution in [0.2, 0.25) is 0 Å². The molecule has 0 aliphatic heterocycles. The lowest BCUT2D eigenvalue weighted by Gasteiger charge is -2.18. The first-order valence-electron chi connectivity index (χ1n) is 8.77. The van der Waals surface area contributed by atoms with E-state index in [-0.39, 0.29) is 16.6 Å². The molecule has 4 nitrogen and oxygen atoms in total. The second-order valence-electron chi connectivity index (χ2n) is 6.52. The van der Waals surface area contributed by atoms with Crippen LogP contribution < -0.4 is 4.90 Å². The summed E-state index contributed by atoms with van der Waals surface area (Å²) in [6.45, 7) is 5.10. The number of carbonyl (C=O) groups is 2. The Hall–Kier alpha value is -3.19. The number of aromatic nitrogens is 1. The van der Waals surface area contributed by atoms with Crippen LogP contribution in [0.1, 0.15) is 34.1 Å². The molecule has 2 aromatic carbocycles. The summed E-state index contributed by atoms with van der Waals surface area (Å²) in [4.78, 5) is 29.9. The number of rotatable bonds is 5. The average molecular weight is 412 g/mol. The maximum atomic E-state index is 14.1. The van der Waals surface area contributed by atoms with Gasteiger partial charge in [0.15, 0.2) is 10.9 Å². The number of allylic oxidation sites excluding steroid dienone is 1. The molecule has 0 spiro atoms. The molecule has 1 amide bonds. The number of anilines is 2. The standard InChI is InChI=1S/C22H18F2N2O2S/c1-13-4-7-18(14(2)10-13)21(28)9-6-17-12-29-22(25-17)26(15(3)27)20-8-5-16(23)11-19(20)24/h4-12H,1-3H3. The Morgan fingerprint density at radius 1 is 1.10 bits per heavy atom. The van der Waals surface area contributed by atoms with Crippen molar-refractivity contribution >= 4 is 39.9 Å². The van der Waals surface area contributed by atoms with E-state index in [0.717, 1.165) is 33.4 Å². The maximum Gasteiger partial charge on any atom is 0.230 e. The van der Waals surface area contributed by atoms with Crippen LogP contribution in [-0.4, -0.2) is 16.7 Å². The topological polar surface area (TPSA) is 50.3 Å². The van der Waals surface area contributed by atoms with Crippen molar-refractivity contribution in [3.8, 4) is 0 Å². The molecule has 0 bridgehead atoms. The highest BCUT2D eigenvalue weighted by atomic mass is 32.1. The first-order valence-corrected chi connectivity index (χ1v) is 9.65. The highest BCUT2D eigenvalue weighted by Crippen LogP contribution is 2.31. The van der Waals surface area contributed by atoms with Crippen LogP contribution in [0.25, 0.3) is 6.08 Å². The van der Waals surface area contributed by atoms with Crippen LogP contribution in [0, 0.1) is 25.5 Å². The van der Waals surface area contributed by atoms with Gasteiger partial charge in [0.05, 0.1) is 11.4 Å². The highest BCUT2D eigenvalue weighted by Gasteiger charge is 2.21. The SMILES string of the molecule is CC(=O)N(c1nc(C=CC(=O)c2ccc(C)cc2C)cs1)c1ccc(F)cc1F. The fourth-order valence-electron chi connectivity index (χ4n) is 2.87. The van der Waals surface area contributed by atoms with E-state index in [0.29, 0.717) is 17.3 Å². The number of thiazole rings is 1. The molecule has 0 unspecified atom stereocenters. The third-order valence-electron chi connectivity index (χ3n) is 4.22. The number of hydrogen-bond acceptors (Lipinski definition) is 4. The summed E-state index contributed by atoms with van der Waals surface area (Å²) >= 11 is 1.12. The largest absolute Gasteiger partial charge is 0.289 e. The van der Waals surface area contributed by atoms with Gasteiger partial charge >= 0.3 is 0 Å². The van der Waals surface area contributed by atoms with Gasteiger partial charge in [-0.15, -0.1) is 11.3 Å². The van der Waals surface area contributed by atoms with Gasteiger partial charge in [-0.1, -0.05) is 23.8 Å². The fraction of sp³-hybridized carbons (Fsp3) is 0.136. The average Bonchev–Trinajstić information content (AvgIpc) is 3.10. The van der Waals surface area contributed by atoms with Crippen molar-refractivity contribution in [2.24, 2.45) is 0 Å². The lowest BCUT2D eigenvalue weighted by molar-refractivity contribution is -0.115. The number of nitrogens with zero attached hydrogens (tertiary/aromatic N) is 2. The summed E-state index contributed by atoms with van der Waals surface area (Å²) in [7, 11) is 0. The van der Waals surface area contributed by atoms with Crippen molar-refractivity contribution in [1.82, 2.24) is 4.98 Å². The lowest BCUT2D eigenvalue weighted by Crippen LogP contribution is -2.23. The molecule has 0 saturated heterocycles. The quantitative estimate of drug-likeness (QED) is 0.404. The van der Waals surface area contributed by atoms with Crippen LogP contribution in [0.5, 0.6) is 0 Å². The Morgan fingerprint density at radius 2 is 1.86 bits per heavy atom. The minimum atomic E-state index is -0.863. The molecule has 0 aliphatic rings. The third kappa shape index (κ3) is 4.63. The first kappa shape index (κ1) is 20.5. The van der Waals surface area contributed by atoms with Gasteiger partial charge in [-0.05, 0) is 43.7 Å². The second kappa shape index (κ2) is 8.45. The van der Waals surface area contributed by atoms with E-state index in [1.54, 1.807) is 17.5 Å². The van der Waals surface area contributed by atoms with Crippen molar-refractivity contribution in [2.75, 3.05) is 4.90 Å². The number of ketones is 1. The number of benzene rings is 2. The minimum Gasteiger partial charge on any atom is -0.289 e. The van der Waals surface area contributed by atoms with Crippen molar-refractivity contribution in [3.05, 3.63) is 81.9 Å². The van der Waals surface area contributed by atoms with Crippen LogP contribution in [-0.2, 0) is 4.79 Å². The molecule has 0 saturated carbocycles. The van der Waals surface area contributed by atoms with Crippen LogP contribution in [0.3, 0.4) is 0 Å². The molecular weight excluding hydrogens is 394 g/mol. The molecule has 0 N–H and O–H groups in total. The van der Waals surface area contributed by atoms with Crippen LogP contribution in [0.4, 0.5) is 19.6 Å². The van der Waals surface area contributed by atoms with Crippen molar-refractivity contribution in [2.45, 2.75) is 20.8 Å². The number of halogens is 2.